The van der Waals surface area contributed by atoms with Crippen molar-refractivity contribution in [3.8, 4) is 0 Å². The van der Waals surface area contributed by atoms with Crippen LogP contribution in [0.3, 0.4) is 0 Å². The monoisotopic (exact) mass is 456 g/mol. The van der Waals surface area contributed by atoms with E-state index in [0.29, 0.717) is 12.1 Å². The van der Waals surface area contributed by atoms with Crippen LogP contribution in [-0.4, -0.2) is 54.1 Å². The maximum Gasteiger partial charge on any atom is 0.225 e. The molecule has 1 aromatic heterocycles. The zero-order valence-corrected chi connectivity index (χ0v) is 16.4. The topological polar surface area (TPSA) is 56.7 Å². The molecule has 2 heterocycles. The smallest absolute Gasteiger partial charge is 0.225 e. The number of piperazine rings is 1. The molecule has 25 heavy (non-hydrogen) atoms. The van der Waals surface area contributed by atoms with Gasteiger partial charge in [-0.3, -0.25) is 4.99 Å². The lowest BCUT2D eigenvalue weighted by Crippen LogP contribution is -2.52. The third-order valence-corrected chi connectivity index (χ3v) is 4.02. The fraction of sp³-hybridized carbons (Fsp3) is 0.353. The van der Waals surface area contributed by atoms with Gasteiger partial charge in [0.25, 0.3) is 0 Å². The van der Waals surface area contributed by atoms with Gasteiger partial charge >= 0.3 is 0 Å². The van der Waals surface area contributed by atoms with Crippen molar-refractivity contribution >= 4 is 35.9 Å². The molecule has 0 bridgehead atoms. The van der Waals surface area contributed by atoms with Crippen LogP contribution in [0.4, 0.5) is 10.3 Å². The van der Waals surface area contributed by atoms with Crippen LogP contribution in [0.1, 0.15) is 5.56 Å². The normalized spacial score (nSPS) is 14.9. The lowest BCUT2D eigenvalue weighted by atomic mass is 10.2. The number of hydrogen-bond donors (Lipinski definition) is 1. The van der Waals surface area contributed by atoms with Crippen molar-refractivity contribution in [3.05, 3.63) is 54.1 Å². The minimum absolute atomic E-state index is 0. The van der Waals surface area contributed by atoms with E-state index in [1.807, 2.05) is 12.1 Å². The fourth-order valence-corrected chi connectivity index (χ4v) is 2.72. The van der Waals surface area contributed by atoms with E-state index in [1.165, 1.54) is 6.07 Å². The van der Waals surface area contributed by atoms with Gasteiger partial charge in [0.2, 0.25) is 5.95 Å². The van der Waals surface area contributed by atoms with Gasteiger partial charge in [-0.1, -0.05) is 18.2 Å². The van der Waals surface area contributed by atoms with Crippen molar-refractivity contribution in [2.75, 3.05) is 38.1 Å². The zero-order chi connectivity index (χ0) is 16.8. The molecule has 0 spiro atoms. The highest BCUT2D eigenvalue weighted by Crippen LogP contribution is 2.10. The highest BCUT2D eigenvalue weighted by Gasteiger charge is 2.21. The summed E-state index contributed by atoms with van der Waals surface area (Å²) in [5, 5.41) is 3.24. The fourth-order valence-electron chi connectivity index (χ4n) is 2.72. The number of aromatic nitrogens is 2. The Morgan fingerprint density at radius 1 is 1.12 bits per heavy atom. The van der Waals surface area contributed by atoms with Crippen molar-refractivity contribution in [2.24, 2.45) is 4.99 Å². The van der Waals surface area contributed by atoms with Crippen LogP contribution in [-0.2, 0) is 6.54 Å². The Bertz CT molecular complexity index is 689. The van der Waals surface area contributed by atoms with E-state index >= 15 is 0 Å². The molecule has 1 aliphatic rings. The predicted molar refractivity (Wildman–Crippen MR) is 108 cm³/mol. The van der Waals surface area contributed by atoms with Crippen LogP contribution in [0, 0.1) is 5.82 Å². The Labute approximate surface area is 164 Å². The summed E-state index contributed by atoms with van der Waals surface area (Å²) < 4.78 is 13.7. The van der Waals surface area contributed by atoms with E-state index in [1.54, 1.807) is 31.6 Å². The van der Waals surface area contributed by atoms with Crippen LogP contribution < -0.4 is 10.2 Å². The number of rotatable bonds is 3. The van der Waals surface area contributed by atoms with Gasteiger partial charge < -0.3 is 15.1 Å². The van der Waals surface area contributed by atoms with Gasteiger partial charge in [-0.15, -0.1) is 24.0 Å². The van der Waals surface area contributed by atoms with Gasteiger partial charge in [-0.2, -0.15) is 0 Å². The molecule has 6 nitrogen and oxygen atoms in total. The van der Waals surface area contributed by atoms with Crippen molar-refractivity contribution in [1.82, 2.24) is 20.2 Å². The maximum atomic E-state index is 13.7. The molecular formula is C17H22FIN6. The SMILES string of the molecule is CN=C(NCc1ccccc1F)N1CCN(c2ncccn2)CC1.I. The van der Waals surface area contributed by atoms with Gasteiger partial charge in [0.15, 0.2) is 5.96 Å². The summed E-state index contributed by atoms with van der Waals surface area (Å²) >= 11 is 0. The second kappa shape index (κ2) is 9.50. The van der Waals surface area contributed by atoms with Crippen LogP contribution in [0.15, 0.2) is 47.7 Å². The minimum atomic E-state index is -0.202. The highest BCUT2D eigenvalue weighted by molar-refractivity contribution is 14.0. The van der Waals surface area contributed by atoms with Crippen LogP contribution >= 0.6 is 24.0 Å². The first-order chi connectivity index (χ1) is 11.8. The largest absolute Gasteiger partial charge is 0.352 e. The highest BCUT2D eigenvalue weighted by atomic mass is 127. The molecule has 0 radical (unpaired) electrons. The quantitative estimate of drug-likeness (QED) is 0.436. The van der Waals surface area contributed by atoms with Gasteiger partial charge in [0.05, 0.1) is 0 Å². The number of aliphatic imine (C=N–C) groups is 1. The van der Waals surface area contributed by atoms with Crippen LogP contribution in [0.5, 0.6) is 0 Å². The lowest BCUT2D eigenvalue weighted by Gasteiger charge is -2.36. The Morgan fingerprint density at radius 3 is 2.44 bits per heavy atom. The standard InChI is InChI=1S/C17H21FN6.HI/c1-19-16(22-13-14-5-2-3-6-15(14)18)23-9-11-24(12-10-23)17-20-7-4-8-21-17;/h2-8H,9-13H2,1H3,(H,19,22);1H. The zero-order valence-electron chi connectivity index (χ0n) is 14.1. The maximum absolute atomic E-state index is 13.7. The van der Waals surface area contributed by atoms with E-state index in [2.05, 4.69) is 30.1 Å². The van der Waals surface area contributed by atoms with Gasteiger partial charge in [-0.25, -0.2) is 14.4 Å². The molecular weight excluding hydrogens is 434 g/mol. The molecule has 1 N–H and O–H groups in total. The summed E-state index contributed by atoms with van der Waals surface area (Å²) in [6, 6.07) is 8.59. The van der Waals surface area contributed by atoms with Gasteiger partial charge in [-0.05, 0) is 12.1 Å². The molecule has 0 amide bonds. The van der Waals surface area contributed by atoms with Crippen molar-refractivity contribution < 1.29 is 4.39 Å². The summed E-state index contributed by atoms with van der Waals surface area (Å²) in [6.07, 6.45) is 3.51. The summed E-state index contributed by atoms with van der Waals surface area (Å²) in [5.74, 6) is 1.34. The molecule has 0 aliphatic carbocycles. The number of nitrogens with one attached hydrogen (secondary N) is 1. The minimum Gasteiger partial charge on any atom is -0.352 e. The molecule has 0 unspecified atom stereocenters. The molecule has 8 heteroatoms. The first-order valence-corrected chi connectivity index (χ1v) is 7.99. The van der Waals surface area contributed by atoms with Crippen LogP contribution in [0.25, 0.3) is 0 Å². The second-order valence-electron chi connectivity index (χ2n) is 5.52. The Hall–Kier alpha value is -1.97. The van der Waals surface area contributed by atoms with E-state index in [9.17, 15) is 4.39 Å². The molecule has 3 rings (SSSR count). The van der Waals surface area contributed by atoms with Gasteiger partial charge in [0, 0.05) is 57.7 Å². The number of nitrogens with zero attached hydrogens (tertiary/aromatic N) is 5. The molecule has 1 aromatic carbocycles. The molecule has 1 aliphatic heterocycles. The molecule has 134 valence electrons. The summed E-state index contributed by atoms with van der Waals surface area (Å²) in [4.78, 5) is 17.2. The molecule has 2 aromatic rings. The van der Waals surface area contributed by atoms with Crippen molar-refractivity contribution in [3.63, 3.8) is 0 Å². The second-order valence-corrected chi connectivity index (χ2v) is 5.52. The number of halogens is 2. The van der Waals surface area contributed by atoms with E-state index < -0.39 is 0 Å². The van der Waals surface area contributed by atoms with Crippen molar-refractivity contribution in [1.29, 1.82) is 0 Å². The summed E-state index contributed by atoms with van der Waals surface area (Å²) in [7, 11) is 1.75. The summed E-state index contributed by atoms with van der Waals surface area (Å²) in [6.45, 7) is 3.70. The average molecular weight is 456 g/mol. The Morgan fingerprint density at radius 2 is 1.80 bits per heavy atom. The number of benzene rings is 1. The molecule has 1 saturated heterocycles. The van der Waals surface area contributed by atoms with Crippen molar-refractivity contribution in [2.45, 2.75) is 6.54 Å². The van der Waals surface area contributed by atoms with E-state index in [0.717, 1.165) is 38.1 Å². The third-order valence-electron chi connectivity index (χ3n) is 4.02. The number of guanidine groups is 1. The van der Waals surface area contributed by atoms with E-state index in [4.69, 9.17) is 0 Å². The van der Waals surface area contributed by atoms with E-state index in [-0.39, 0.29) is 29.8 Å². The lowest BCUT2D eigenvalue weighted by molar-refractivity contribution is 0.369. The predicted octanol–water partition coefficient (Wildman–Crippen LogP) is 2.13. The molecule has 0 saturated carbocycles. The average Bonchev–Trinajstić information content (AvgIpc) is 2.65. The first-order valence-electron chi connectivity index (χ1n) is 7.99. The van der Waals surface area contributed by atoms with Gasteiger partial charge in [0.1, 0.15) is 5.82 Å². The number of anilines is 1. The Kier molecular flexibility index (Phi) is 7.35. The Balaban J connectivity index is 0.00000225. The van der Waals surface area contributed by atoms with Crippen LogP contribution in [0.2, 0.25) is 0 Å². The molecule has 0 atom stereocenters. The molecule has 1 fully saturated rings. The first kappa shape index (κ1) is 19.4. The number of hydrogen-bond acceptors (Lipinski definition) is 4. The third kappa shape index (κ3) is 5.00. The summed E-state index contributed by atoms with van der Waals surface area (Å²) in [5.41, 5.74) is 0.634.